The first kappa shape index (κ1) is 19.6. The Kier molecular flexibility index (Phi) is 5.75. The summed E-state index contributed by atoms with van der Waals surface area (Å²) in [5.74, 6) is 1.80. The van der Waals surface area contributed by atoms with Gasteiger partial charge in [-0.15, -0.1) is 11.8 Å². The Balaban J connectivity index is 1.37. The fraction of sp³-hybridized carbons (Fsp3) is 0.250. The molecule has 0 unspecified atom stereocenters. The van der Waals surface area contributed by atoms with E-state index in [9.17, 15) is 0 Å². The van der Waals surface area contributed by atoms with Gasteiger partial charge in [-0.1, -0.05) is 48.0 Å². The summed E-state index contributed by atoms with van der Waals surface area (Å²) in [5.41, 5.74) is 5.32. The summed E-state index contributed by atoms with van der Waals surface area (Å²) in [4.78, 5) is 14.8. The van der Waals surface area contributed by atoms with Crippen LogP contribution < -0.4 is 4.90 Å². The van der Waals surface area contributed by atoms with Gasteiger partial charge in [0.25, 0.3) is 0 Å². The number of aromatic nitrogens is 2. The molecular weight excluding hydrogens is 412 g/mol. The molecule has 2 aromatic carbocycles. The number of piperazine rings is 1. The summed E-state index contributed by atoms with van der Waals surface area (Å²) >= 11 is 8.17. The minimum atomic E-state index is 0.797. The Bertz CT molecular complexity index is 1060. The second-order valence-corrected chi connectivity index (χ2v) is 8.99. The molecule has 4 nitrogen and oxygen atoms in total. The zero-order valence-corrected chi connectivity index (χ0v) is 18.2. The Morgan fingerprint density at radius 3 is 2.57 bits per heavy atom. The third-order valence-electron chi connectivity index (χ3n) is 5.69. The summed E-state index contributed by atoms with van der Waals surface area (Å²) in [7, 11) is 0. The van der Waals surface area contributed by atoms with Gasteiger partial charge in [-0.3, -0.25) is 4.90 Å². The predicted molar refractivity (Wildman–Crippen MR) is 125 cm³/mol. The maximum absolute atomic E-state index is 6.30. The molecule has 152 valence electrons. The van der Waals surface area contributed by atoms with Crippen molar-refractivity contribution in [2.45, 2.75) is 10.6 Å². The van der Waals surface area contributed by atoms with Gasteiger partial charge in [0.1, 0.15) is 0 Å². The molecule has 0 spiro atoms. The van der Waals surface area contributed by atoms with E-state index in [1.165, 1.54) is 27.2 Å². The number of anilines is 1. The van der Waals surface area contributed by atoms with Crippen LogP contribution >= 0.6 is 23.4 Å². The zero-order valence-electron chi connectivity index (χ0n) is 16.7. The molecule has 1 fully saturated rings. The number of nitrogens with zero attached hydrogens (tertiary/aromatic N) is 4. The van der Waals surface area contributed by atoms with Crippen LogP contribution in [0.1, 0.15) is 16.7 Å². The smallest absolute Gasteiger partial charge is 0.225 e. The van der Waals surface area contributed by atoms with E-state index >= 15 is 0 Å². The molecular formula is C24H23ClN4S. The van der Waals surface area contributed by atoms with Gasteiger partial charge in [-0.05, 0) is 40.5 Å². The normalized spacial score (nSPS) is 18.0. The molecule has 3 heterocycles. The number of benzene rings is 2. The van der Waals surface area contributed by atoms with E-state index in [0.29, 0.717) is 0 Å². The van der Waals surface area contributed by atoms with E-state index in [1.54, 1.807) is 0 Å². The van der Waals surface area contributed by atoms with Gasteiger partial charge < -0.3 is 4.90 Å². The Labute approximate surface area is 186 Å². The molecule has 2 aliphatic rings. The summed E-state index contributed by atoms with van der Waals surface area (Å²) < 4.78 is 0. The lowest BCUT2D eigenvalue weighted by Gasteiger charge is -2.34. The van der Waals surface area contributed by atoms with E-state index in [1.807, 2.05) is 36.3 Å². The molecule has 0 saturated carbocycles. The van der Waals surface area contributed by atoms with Gasteiger partial charge in [-0.25, -0.2) is 9.97 Å². The summed E-state index contributed by atoms with van der Waals surface area (Å²) in [6.07, 6.45) is 6.01. The minimum absolute atomic E-state index is 0.797. The molecule has 0 N–H and O–H groups in total. The standard InChI is InChI=1S/C24H23ClN4S/c25-19-6-7-22-21(20-5-2-1-4-18(20)17-30-23(22)16-19)8-11-28-12-14-29(15-13-28)24-26-9-3-10-27-24/h1-10,16H,11-15,17H2. The van der Waals surface area contributed by atoms with Crippen LogP contribution in [0.3, 0.4) is 0 Å². The second-order valence-electron chi connectivity index (χ2n) is 7.54. The van der Waals surface area contributed by atoms with Crippen LogP contribution in [0.5, 0.6) is 0 Å². The van der Waals surface area contributed by atoms with Crippen LogP contribution in [-0.4, -0.2) is 47.6 Å². The Morgan fingerprint density at radius 1 is 0.933 bits per heavy atom. The van der Waals surface area contributed by atoms with Crippen molar-refractivity contribution in [1.82, 2.24) is 14.9 Å². The maximum Gasteiger partial charge on any atom is 0.225 e. The van der Waals surface area contributed by atoms with Crippen LogP contribution in [0.15, 0.2) is 71.9 Å². The molecule has 5 rings (SSSR count). The van der Waals surface area contributed by atoms with Crippen LogP contribution in [0.2, 0.25) is 5.02 Å². The van der Waals surface area contributed by atoms with E-state index < -0.39 is 0 Å². The third-order valence-corrected chi connectivity index (χ3v) is 7.02. The topological polar surface area (TPSA) is 32.3 Å². The number of halogens is 1. The van der Waals surface area contributed by atoms with Crippen molar-refractivity contribution in [1.29, 1.82) is 0 Å². The number of hydrogen-bond acceptors (Lipinski definition) is 5. The summed E-state index contributed by atoms with van der Waals surface area (Å²) in [6.45, 7) is 4.84. The van der Waals surface area contributed by atoms with Crippen LogP contribution in [-0.2, 0) is 5.75 Å². The van der Waals surface area contributed by atoms with Gasteiger partial charge in [0.15, 0.2) is 0 Å². The Morgan fingerprint density at radius 2 is 1.73 bits per heavy atom. The largest absolute Gasteiger partial charge is 0.338 e. The van der Waals surface area contributed by atoms with Crippen LogP contribution in [0.25, 0.3) is 5.57 Å². The molecule has 6 heteroatoms. The molecule has 30 heavy (non-hydrogen) atoms. The molecule has 0 aliphatic carbocycles. The number of rotatable bonds is 3. The summed E-state index contributed by atoms with van der Waals surface area (Å²) in [5, 5.41) is 0.797. The lowest BCUT2D eigenvalue weighted by Crippen LogP contribution is -2.47. The van der Waals surface area contributed by atoms with Crippen molar-refractivity contribution in [2.75, 3.05) is 37.6 Å². The van der Waals surface area contributed by atoms with Crippen molar-refractivity contribution in [2.24, 2.45) is 0 Å². The van der Waals surface area contributed by atoms with Crippen LogP contribution in [0.4, 0.5) is 5.95 Å². The van der Waals surface area contributed by atoms with Gasteiger partial charge in [-0.2, -0.15) is 0 Å². The van der Waals surface area contributed by atoms with Gasteiger partial charge >= 0.3 is 0 Å². The Hall–Kier alpha value is -2.34. The van der Waals surface area contributed by atoms with Crippen molar-refractivity contribution in [3.8, 4) is 0 Å². The average molecular weight is 435 g/mol. The summed E-state index contributed by atoms with van der Waals surface area (Å²) in [6, 6.07) is 16.9. The van der Waals surface area contributed by atoms with Crippen molar-refractivity contribution >= 4 is 34.9 Å². The highest BCUT2D eigenvalue weighted by molar-refractivity contribution is 7.98. The highest BCUT2D eigenvalue weighted by Crippen LogP contribution is 2.41. The monoisotopic (exact) mass is 434 g/mol. The number of thioether (sulfide) groups is 1. The van der Waals surface area contributed by atoms with Crippen molar-refractivity contribution in [3.05, 3.63) is 88.7 Å². The van der Waals surface area contributed by atoms with Crippen LogP contribution in [0, 0.1) is 0 Å². The molecule has 3 aromatic rings. The lowest BCUT2D eigenvalue weighted by molar-refractivity contribution is 0.283. The van der Waals surface area contributed by atoms with Gasteiger partial charge in [0.05, 0.1) is 0 Å². The van der Waals surface area contributed by atoms with E-state index in [-0.39, 0.29) is 0 Å². The molecule has 0 bridgehead atoms. The van der Waals surface area contributed by atoms with Gasteiger partial charge in [0, 0.05) is 60.8 Å². The van der Waals surface area contributed by atoms with Crippen molar-refractivity contribution < 1.29 is 0 Å². The highest BCUT2D eigenvalue weighted by Gasteiger charge is 2.21. The van der Waals surface area contributed by atoms with E-state index in [4.69, 9.17) is 11.6 Å². The molecule has 2 aliphatic heterocycles. The average Bonchev–Trinajstić information content (AvgIpc) is 2.95. The first-order valence-electron chi connectivity index (χ1n) is 10.2. The second kappa shape index (κ2) is 8.80. The predicted octanol–water partition coefficient (Wildman–Crippen LogP) is 4.99. The minimum Gasteiger partial charge on any atom is -0.338 e. The molecule has 0 amide bonds. The fourth-order valence-electron chi connectivity index (χ4n) is 4.07. The SMILES string of the molecule is Clc1ccc2c(c1)SCc1ccccc1C2=CCN1CCN(c2ncccn2)CC1. The first-order valence-corrected chi connectivity index (χ1v) is 11.6. The highest BCUT2D eigenvalue weighted by atomic mass is 35.5. The molecule has 0 radical (unpaired) electrons. The molecule has 1 saturated heterocycles. The van der Waals surface area contributed by atoms with E-state index in [2.05, 4.69) is 62.2 Å². The molecule has 0 atom stereocenters. The first-order chi connectivity index (χ1) is 14.8. The fourth-order valence-corrected chi connectivity index (χ4v) is 5.42. The lowest BCUT2D eigenvalue weighted by atomic mass is 9.94. The number of hydrogen-bond donors (Lipinski definition) is 0. The number of fused-ring (bicyclic) bond motifs is 2. The quantitative estimate of drug-likeness (QED) is 0.579. The maximum atomic E-state index is 6.30. The molecule has 1 aromatic heterocycles. The third kappa shape index (κ3) is 4.10. The van der Waals surface area contributed by atoms with E-state index in [0.717, 1.165) is 49.4 Å². The van der Waals surface area contributed by atoms with Gasteiger partial charge in [0.2, 0.25) is 5.95 Å². The van der Waals surface area contributed by atoms with Crippen molar-refractivity contribution in [3.63, 3.8) is 0 Å². The zero-order chi connectivity index (χ0) is 20.3.